The maximum absolute atomic E-state index is 8.45. The summed E-state index contributed by atoms with van der Waals surface area (Å²) in [6.07, 6.45) is -2.01. The van der Waals surface area contributed by atoms with Crippen LogP contribution >= 0.6 is 11.6 Å². The summed E-state index contributed by atoms with van der Waals surface area (Å²) < 4.78 is 88.9. The van der Waals surface area contributed by atoms with E-state index in [-0.39, 0.29) is 43.0 Å². The average Bonchev–Trinajstić information content (AvgIpc) is 2.84. The molecule has 2 aromatic carbocycles. The Kier molecular flexibility index (Phi) is 4.07. The van der Waals surface area contributed by atoms with Crippen molar-refractivity contribution in [1.82, 2.24) is 14.9 Å². The molecule has 0 radical (unpaired) electrons. The topological polar surface area (TPSA) is 68.7 Å². The van der Waals surface area contributed by atoms with Crippen LogP contribution in [0, 0.1) is 0 Å². The van der Waals surface area contributed by atoms with Crippen LogP contribution in [0.4, 0.5) is 11.5 Å². The molecule has 1 N–H and O–H groups in total. The Hall–Kier alpha value is -2.61. The minimum absolute atomic E-state index is 0.0435. The van der Waals surface area contributed by atoms with Gasteiger partial charge in [-0.15, -0.1) is 0 Å². The molecule has 0 unspecified atom stereocenters. The smallest absolute Gasteiger partial charge is 0.162 e. The number of ether oxygens (including phenoxy) is 3. The van der Waals surface area contributed by atoms with Gasteiger partial charge in [-0.25, -0.2) is 9.97 Å². The molecule has 4 rings (SSSR count). The molecule has 0 bridgehead atoms. The lowest BCUT2D eigenvalue weighted by Gasteiger charge is -2.26. The van der Waals surface area contributed by atoms with Gasteiger partial charge >= 0.3 is 0 Å². The first-order valence-electron chi connectivity index (χ1n) is 13.6. The van der Waals surface area contributed by atoms with Crippen molar-refractivity contribution in [3.05, 3.63) is 47.7 Å². The Morgan fingerprint density at radius 3 is 2.97 bits per heavy atom. The minimum Gasteiger partial charge on any atom is -0.493 e. The van der Waals surface area contributed by atoms with Gasteiger partial charge in [-0.3, -0.25) is 4.90 Å². The lowest BCUT2D eigenvalue weighted by molar-refractivity contribution is 0.0357. The second-order valence-electron chi connectivity index (χ2n) is 6.32. The Morgan fingerprint density at radius 1 is 1.23 bits per heavy atom. The number of nitrogens with one attached hydrogen (secondary N) is 1. The van der Waals surface area contributed by atoms with E-state index in [0.717, 1.165) is 4.90 Å². The second-order valence-corrected chi connectivity index (χ2v) is 6.75. The average molecular weight is 438 g/mol. The molecule has 0 saturated carbocycles. The van der Waals surface area contributed by atoms with Crippen molar-refractivity contribution < 1.29 is 26.5 Å². The molecule has 0 atom stereocenters. The van der Waals surface area contributed by atoms with Gasteiger partial charge in [0.1, 0.15) is 12.1 Å². The number of aromatic nitrogens is 2. The summed E-state index contributed by atoms with van der Waals surface area (Å²) in [7, 11) is -2.96. The van der Waals surface area contributed by atoms with Crippen LogP contribution in [0.5, 0.6) is 11.5 Å². The van der Waals surface area contributed by atoms with Gasteiger partial charge < -0.3 is 19.5 Å². The number of halogens is 1. The summed E-state index contributed by atoms with van der Waals surface area (Å²) in [6.45, 7) is -5.72. The molecule has 3 aromatic rings. The van der Waals surface area contributed by atoms with Crippen LogP contribution in [0.2, 0.25) is 5.02 Å². The van der Waals surface area contributed by atoms with Crippen molar-refractivity contribution >= 4 is 34.0 Å². The normalized spacial score (nSPS) is 20.9. The van der Waals surface area contributed by atoms with Gasteiger partial charge in [0, 0.05) is 47.2 Å². The Bertz CT molecular complexity index is 1340. The summed E-state index contributed by atoms with van der Waals surface area (Å²) in [4.78, 5) is 9.48. The fourth-order valence-electron chi connectivity index (χ4n) is 2.88. The molecule has 0 spiro atoms. The molecule has 158 valence electrons. The molecule has 1 aromatic heterocycles. The largest absolute Gasteiger partial charge is 0.493 e. The second kappa shape index (κ2) is 9.93. The highest BCUT2D eigenvalue weighted by atomic mass is 35.5. The van der Waals surface area contributed by atoms with Gasteiger partial charge in [0.2, 0.25) is 0 Å². The maximum atomic E-state index is 8.45. The highest BCUT2D eigenvalue weighted by Crippen LogP contribution is 2.35. The first kappa shape index (κ1) is 12.3. The summed E-state index contributed by atoms with van der Waals surface area (Å²) >= 11 is 6.06. The Morgan fingerprint density at radius 2 is 2.13 bits per heavy atom. The Labute approximate surface area is 193 Å². The number of benzene rings is 2. The lowest BCUT2D eigenvalue weighted by atomic mass is 10.2. The van der Waals surface area contributed by atoms with Gasteiger partial charge in [0.15, 0.2) is 11.5 Å². The summed E-state index contributed by atoms with van der Waals surface area (Å²) in [5.41, 5.74) is 0.784. The van der Waals surface area contributed by atoms with Gasteiger partial charge in [-0.1, -0.05) is 17.7 Å². The van der Waals surface area contributed by atoms with Crippen molar-refractivity contribution in [3.63, 3.8) is 0 Å². The molecule has 7 nitrogen and oxygen atoms in total. The zero-order valence-corrected chi connectivity index (χ0v) is 16.6. The number of methoxy groups -OCH3 is 1. The number of morpholine rings is 1. The number of hydrogen-bond acceptors (Lipinski definition) is 7. The van der Waals surface area contributed by atoms with Crippen LogP contribution in [0.1, 0.15) is 18.7 Å². The number of nitrogens with zero attached hydrogens (tertiary/aromatic N) is 3. The van der Waals surface area contributed by atoms with Crippen molar-refractivity contribution in [1.29, 1.82) is 0 Å². The van der Waals surface area contributed by atoms with E-state index in [0.29, 0.717) is 10.7 Å². The molecule has 0 amide bonds. The molecule has 8 heteroatoms. The van der Waals surface area contributed by atoms with Crippen molar-refractivity contribution in [2.45, 2.75) is 6.37 Å². The van der Waals surface area contributed by atoms with E-state index in [1.54, 1.807) is 24.3 Å². The zero-order chi connectivity index (χ0) is 28.6. The molecule has 1 aliphatic rings. The van der Waals surface area contributed by atoms with Crippen LogP contribution in [-0.4, -0.2) is 61.3 Å². The van der Waals surface area contributed by atoms with E-state index in [4.69, 9.17) is 38.1 Å². The predicted molar refractivity (Wildman–Crippen MR) is 118 cm³/mol. The van der Waals surface area contributed by atoms with E-state index in [9.17, 15) is 0 Å². The number of hydrogen-bond donors (Lipinski definition) is 1. The zero-order valence-electron chi connectivity index (χ0n) is 24.8. The van der Waals surface area contributed by atoms with E-state index in [1.807, 2.05) is 0 Å². The standard InChI is InChI=1S/C22H25ClN4O3/c1-28-20-14-19-18(13-21(20)30-9-3-6-27-7-10-29-11-8-27)22(25-15-24-19)26-17-5-2-4-16(23)12-17/h2,4-5,12-15H,3,6-11H2,1H3,(H,24,25,26)/i1D3,3D2,6D2,9D2. The summed E-state index contributed by atoms with van der Waals surface area (Å²) in [6, 6.07) is 9.17. The third kappa shape index (κ3) is 5.11. The molecular formula is C22H25ClN4O3. The molecular weight excluding hydrogens is 404 g/mol. The highest BCUT2D eigenvalue weighted by molar-refractivity contribution is 6.30. The van der Waals surface area contributed by atoms with Gasteiger partial charge in [-0.05, 0) is 30.6 Å². The SMILES string of the molecule is [2H]C([2H])([2H])Oc1cc2ncnc(Nc3cccc(Cl)c3)c2cc1OC([2H])([2H])C([2H])([2H])C([2H])([2H])N1CCOCC1. The molecule has 0 aliphatic carbocycles. The Balaban J connectivity index is 1.77. The van der Waals surface area contributed by atoms with Crippen molar-refractivity contribution in [2.24, 2.45) is 0 Å². The fourth-order valence-corrected chi connectivity index (χ4v) is 3.07. The van der Waals surface area contributed by atoms with E-state index >= 15 is 0 Å². The number of anilines is 2. The van der Waals surface area contributed by atoms with E-state index < -0.39 is 38.0 Å². The first-order chi connectivity index (χ1) is 18.1. The molecule has 1 fully saturated rings. The molecule has 2 heterocycles. The van der Waals surface area contributed by atoms with E-state index in [2.05, 4.69) is 15.3 Å². The lowest BCUT2D eigenvalue weighted by Crippen LogP contribution is -2.37. The van der Waals surface area contributed by atoms with Gasteiger partial charge in [0.25, 0.3) is 0 Å². The van der Waals surface area contributed by atoms with Gasteiger partial charge in [-0.2, -0.15) is 0 Å². The molecule has 30 heavy (non-hydrogen) atoms. The van der Waals surface area contributed by atoms with Crippen LogP contribution in [0.15, 0.2) is 42.7 Å². The third-order valence-corrected chi connectivity index (χ3v) is 4.57. The summed E-state index contributed by atoms with van der Waals surface area (Å²) in [5.74, 6) is -0.699. The first-order valence-corrected chi connectivity index (χ1v) is 9.51. The highest BCUT2D eigenvalue weighted by Gasteiger charge is 2.13. The molecule has 1 aliphatic heterocycles. The number of fused-ring (bicyclic) bond motifs is 1. The summed E-state index contributed by atoms with van der Waals surface area (Å²) in [5, 5.41) is 3.77. The quantitative estimate of drug-likeness (QED) is 0.568. The number of rotatable bonds is 8. The van der Waals surface area contributed by atoms with Crippen LogP contribution in [-0.2, 0) is 4.74 Å². The third-order valence-electron chi connectivity index (χ3n) is 4.34. The van der Waals surface area contributed by atoms with Crippen molar-refractivity contribution in [2.75, 3.05) is 51.7 Å². The van der Waals surface area contributed by atoms with Gasteiger partial charge in [0.05, 0.1) is 39.2 Å². The monoisotopic (exact) mass is 437 g/mol. The van der Waals surface area contributed by atoms with Crippen LogP contribution in [0.25, 0.3) is 10.9 Å². The molecule has 1 saturated heterocycles. The minimum atomic E-state index is -3.30. The predicted octanol–water partition coefficient (Wildman–Crippen LogP) is 4.14. The van der Waals surface area contributed by atoms with Crippen LogP contribution in [0.3, 0.4) is 0 Å². The van der Waals surface area contributed by atoms with Crippen molar-refractivity contribution in [3.8, 4) is 11.5 Å². The fraction of sp³-hybridized carbons (Fsp3) is 0.364. The van der Waals surface area contributed by atoms with Crippen LogP contribution < -0.4 is 14.8 Å². The van der Waals surface area contributed by atoms with E-state index in [1.165, 1.54) is 18.5 Å². The maximum Gasteiger partial charge on any atom is 0.162 e.